The summed E-state index contributed by atoms with van der Waals surface area (Å²) in [7, 11) is 0. The first-order valence-corrected chi connectivity index (χ1v) is 8.46. The first-order valence-electron chi connectivity index (χ1n) is 8.46. The Labute approximate surface area is 162 Å². The highest BCUT2D eigenvalue weighted by atomic mass is 15.0. The molecule has 0 aromatic heterocycles. The van der Waals surface area contributed by atoms with E-state index in [1.54, 1.807) is 12.2 Å². The number of nitrogens with zero attached hydrogens (tertiary/aromatic N) is 2. The molecule has 1 aliphatic carbocycles. The molecule has 1 aliphatic heterocycles. The summed E-state index contributed by atoms with van der Waals surface area (Å²) < 4.78 is 0. The van der Waals surface area contributed by atoms with Gasteiger partial charge in [-0.15, -0.1) is 0 Å². The number of aliphatic imine (C=N–C) groups is 1. The molecule has 1 aromatic rings. The first kappa shape index (κ1) is 18.6. The Bertz CT molecular complexity index is 1060. The largest absolute Gasteiger partial charge is 0.404 e. The fourth-order valence-electron chi connectivity index (χ4n) is 3.10. The van der Waals surface area contributed by atoms with Crippen molar-refractivity contribution in [1.29, 1.82) is 16.1 Å². The van der Waals surface area contributed by atoms with Crippen molar-refractivity contribution in [2.45, 2.75) is 0 Å². The van der Waals surface area contributed by atoms with E-state index in [2.05, 4.69) is 23.0 Å². The Kier molecular flexibility index (Phi) is 5.05. The number of hydrogen-bond acceptors (Lipinski definition) is 7. The van der Waals surface area contributed by atoms with Crippen LogP contribution >= 0.6 is 0 Å². The minimum Gasteiger partial charge on any atom is -0.404 e. The van der Waals surface area contributed by atoms with E-state index in [1.807, 2.05) is 30.3 Å². The van der Waals surface area contributed by atoms with Crippen molar-refractivity contribution < 1.29 is 0 Å². The van der Waals surface area contributed by atoms with Crippen molar-refractivity contribution in [3.05, 3.63) is 89.5 Å². The van der Waals surface area contributed by atoms with Crippen LogP contribution in [0.4, 0.5) is 5.69 Å². The number of nitriles is 1. The Hall–Kier alpha value is -4.18. The molecule has 1 aromatic carbocycles. The Morgan fingerprint density at radius 3 is 2.64 bits per heavy atom. The number of anilines is 1. The van der Waals surface area contributed by atoms with Crippen LogP contribution in [0.3, 0.4) is 0 Å². The lowest BCUT2D eigenvalue weighted by atomic mass is 9.77. The SMILES string of the molecule is C=C(Nc1ccccc1)C1=C(C#N)C(C2=CC=CC(=N)C2=N)/C(=C/N)C(N)=N1. The predicted octanol–water partition coefficient (Wildman–Crippen LogP) is 2.76. The molecule has 0 saturated carbocycles. The highest BCUT2D eigenvalue weighted by Gasteiger charge is 2.35. The zero-order valence-electron chi connectivity index (χ0n) is 15.0. The molecule has 0 spiro atoms. The van der Waals surface area contributed by atoms with E-state index >= 15 is 0 Å². The fraction of sp³-hybridized carbons (Fsp3) is 0.0476. The van der Waals surface area contributed by atoms with Crippen LogP contribution in [0.1, 0.15) is 0 Å². The van der Waals surface area contributed by atoms with Gasteiger partial charge < -0.3 is 16.8 Å². The molecule has 28 heavy (non-hydrogen) atoms. The number of allylic oxidation sites excluding steroid dienone is 5. The number of amidine groups is 1. The molecular formula is C21H19N7. The molecule has 7 nitrogen and oxygen atoms in total. The molecule has 3 rings (SSSR count). The number of hydrogen-bond donors (Lipinski definition) is 5. The van der Waals surface area contributed by atoms with E-state index in [9.17, 15) is 5.26 Å². The van der Waals surface area contributed by atoms with Gasteiger partial charge in [0.15, 0.2) is 0 Å². The van der Waals surface area contributed by atoms with Crippen LogP contribution in [0, 0.1) is 28.1 Å². The van der Waals surface area contributed by atoms with Crippen LogP contribution in [0.25, 0.3) is 0 Å². The average Bonchev–Trinajstić information content (AvgIpc) is 2.70. The second kappa shape index (κ2) is 7.60. The number of rotatable bonds is 4. The maximum atomic E-state index is 9.90. The zero-order chi connectivity index (χ0) is 20.3. The van der Waals surface area contributed by atoms with Crippen LogP contribution < -0.4 is 16.8 Å². The lowest BCUT2D eigenvalue weighted by molar-refractivity contribution is 0.886. The van der Waals surface area contributed by atoms with Gasteiger partial charge in [-0.1, -0.05) is 36.9 Å². The topological polar surface area (TPSA) is 148 Å². The van der Waals surface area contributed by atoms with Crippen molar-refractivity contribution in [3.8, 4) is 6.07 Å². The van der Waals surface area contributed by atoms with Gasteiger partial charge in [0.2, 0.25) is 0 Å². The average molecular weight is 369 g/mol. The normalized spacial score (nSPS) is 20.5. The van der Waals surface area contributed by atoms with Gasteiger partial charge in [0.05, 0.1) is 34.7 Å². The molecule has 1 unspecified atom stereocenters. The van der Waals surface area contributed by atoms with Gasteiger partial charge >= 0.3 is 0 Å². The van der Waals surface area contributed by atoms with Crippen molar-refractivity contribution >= 4 is 22.9 Å². The van der Waals surface area contributed by atoms with Crippen molar-refractivity contribution in [2.24, 2.45) is 22.4 Å². The van der Waals surface area contributed by atoms with E-state index in [4.69, 9.17) is 22.3 Å². The molecule has 0 bridgehead atoms. The summed E-state index contributed by atoms with van der Waals surface area (Å²) >= 11 is 0. The van der Waals surface area contributed by atoms with Gasteiger partial charge in [0, 0.05) is 17.5 Å². The third-order valence-electron chi connectivity index (χ3n) is 4.45. The lowest BCUT2D eigenvalue weighted by Gasteiger charge is -2.29. The molecule has 7 N–H and O–H groups in total. The Morgan fingerprint density at radius 1 is 1.29 bits per heavy atom. The maximum Gasteiger partial charge on any atom is 0.129 e. The van der Waals surface area contributed by atoms with Crippen LogP contribution in [0.2, 0.25) is 0 Å². The minimum absolute atomic E-state index is 0.00952. The number of para-hydroxylation sites is 1. The van der Waals surface area contributed by atoms with E-state index < -0.39 is 5.92 Å². The Morgan fingerprint density at radius 2 is 2.00 bits per heavy atom. The molecule has 2 aliphatic rings. The van der Waals surface area contributed by atoms with Crippen molar-refractivity contribution in [2.75, 3.05) is 5.32 Å². The van der Waals surface area contributed by atoms with Crippen LogP contribution in [0.15, 0.2) is 94.4 Å². The van der Waals surface area contributed by atoms with Gasteiger partial charge in [0.25, 0.3) is 0 Å². The number of benzene rings is 1. The van der Waals surface area contributed by atoms with E-state index in [0.29, 0.717) is 22.5 Å². The summed E-state index contributed by atoms with van der Waals surface area (Å²) in [4.78, 5) is 4.34. The monoisotopic (exact) mass is 369 g/mol. The summed E-state index contributed by atoms with van der Waals surface area (Å²) in [5.74, 6) is -0.554. The first-order chi connectivity index (χ1) is 13.5. The quantitative estimate of drug-likeness (QED) is 0.519. The van der Waals surface area contributed by atoms with Gasteiger partial charge in [0.1, 0.15) is 11.5 Å². The van der Waals surface area contributed by atoms with Crippen molar-refractivity contribution in [1.82, 2.24) is 0 Å². The van der Waals surface area contributed by atoms with Crippen molar-refractivity contribution in [3.63, 3.8) is 0 Å². The lowest BCUT2D eigenvalue weighted by Crippen LogP contribution is -2.33. The molecule has 138 valence electrons. The van der Waals surface area contributed by atoms with E-state index in [1.165, 1.54) is 12.3 Å². The van der Waals surface area contributed by atoms with E-state index in [-0.39, 0.29) is 22.8 Å². The second-order valence-corrected chi connectivity index (χ2v) is 6.17. The van der Waals surface area contributed by atoms with Crippen LogP contribution in [-0.2, 0) is 0 Å². The molecule has 0 amide bonds. The summed E-state index contributed by atoms with van der Waals surface area (Å²) in [6, 6.07) is 11.5. The summed E-state index contributed by atoms with van der Waals surface area (Å²) in [5.41, 5.74) is 14.6. The summed E-state index contributed by atoms with van der Waals surface area (Å²) in [6.07, 6.45) is 6.17. The smallest absolute Gasteiger partial charge is 0.129 e. The van der Waals surface area contributed by atoms with Gasteiger partial charge in [-0.25, -0.2) is 4.99 Å². The molecular weight excluding hydrogens is 350 g/mol. The van der Waals surface area contributed by atoms with Gasteiger partial charge in [-0.2, -0.15) is 5.26 Å². The predicted molar refractivity (Wildman–Crippen MR) is 112 cm³/mol. The zero-order valence-corrected chi connectivity index (χ0v) is 15.0. The highest BCUT2D eigenvalue weighted by molar-refractivity contribution is 6.51. The summed E-state index contributed by atoms with van der Waals surface area (Å²) in [5, 5.41) is 29.2. The molecule has 7 heteroatoms. The Balaban J connectivity index is 2.11. The molecule has 1 heterocycles. The van der Waals surface area contributed by atoms with Crippen LogP contribution in [-0.4, -0.2) is 17.3 Å². The third kappa shape index (κ3) is 3.27. The number of nitrogens with two attached hydrogens (primary N) is 2. The standard InChI is InChI=1S/C21H19N7/c1-12(27-13-6-3-2-4-7-13)20-15(10-22)18(16(11-23)21(26)28-20)14-8-5-9-17(24)19(14)25/h2-9,11,18,24-25,27H,1,23H2,(H2,26,28)/b16-11-,24-17?,25-19?. The number of nitrogens with one attached hydrogen (secondary N) is 3. The molecule has 1 atom stereocenters. The minimum atomic E-state index is -0.699. The summed E-state index contributed by atoms with van der Waals surface area (Å²) in [6.45, 7) is 4.01. The maximum absolute atomic E-state index is 9.90. The van der Waals surface area contributed by atoms with Gasteiger partial charge in [-0.05, 0) is 23.8 Å². The molecule has 0 radical (unpaired) electrons. The highest BCUT2D eigenvalue weighted by Crippen LogP contribution is 2.37. The molecule has 0 fully saturated rings. The third-order valence-corrected chi connectivity index (χ3v) is 4.45. The fourth-order valence-corrected chi connectivity index (χ4v) is 3.10. The van der Waals surface area contributed by atoms with Crippen LogP contribution in [0.5, 0.6) is 0 Å². The van der Waals surface area contributed by atoms with E-state index in [0.717, 1.165) is 5.69 Å². The second-order valence-electron chi connectivity index (χ2n) is 6.17. The molecule has 0 saturated heterocycles. The van der Waals surface area contributed by atoms with Gasteiger partial charge in [-0.3, -0.25) is 10.8 Å².